The van der Waals surface area contributed by atoms with Crippen LogP contribution in [-0.4, -0.2) is 21.3 Å². The van der Waals surface area contributed by atoms with E-state index < -0.39 is 0 Å². The summed E-state index contributed by atoms with van der Waals surface area (Å²) in [5.41, 5.74) is 7.24. The van der Waals surface area contributed by atoms with Crippen molar-refractivity contribution in [2.24, 2.45) is 0 Å². The Labute approximate surface area is 154 Å². The third-order valence-electron chi connectivity index (χ3n) is 2.98. The summed E-state index contributed by atoms with van der Waals surface area (Å²) in [5, 5.41) is 11.0. The van der Waals surface area contributed by atoms with Gasteiger partial charge in [-0.05, 0) is 74.9 Å². The van der Waals surface area contributed by atoms with Crippen LogP contribution in [0.3, 0.4) is 0 Å². The molecule has 7 nitrogen and oxygen atoms in total. The number of hydrazine groups is 1. The van der Waals surface area contributed by atoms with E-state index in [0.717, 1.165) is 4.47 Å². The zero-order chi connectivity index (χ0) is 17.1. The Hall–Kier alpha value is -2.23. The van der Waals surface area contributed by atoms with Crippen molar-refractivity contribution in [2.75, 3.05) is 5.32 Å². The number of hydrogen-bond donors (Lipinski definition) is 3. The van der Waals surface area contributed by atoms with Crippen LogP contribution in [0.1, 0.15) is 10.4 Å². The van der Waals surface area contributed by atoms with Crippen LogP contribution in [0, 0.1) is 0 Å². The summed E-state index contributed by atoms with van der Waals surface area (Å²) in [6.45, 7) is 0. The van der Waals surface area contributed by atoms with Crippen LogP contribution in [0.5, 0.6) is 0 Å². The first kappa shape index (κ1) is 16.6. The fraction of sp³-hybridized carbons (Fsp3) is 0. The number of anilines is 1. The Morgan fingerprint density at radius 1 is 1.12 bits per heavy atom. The SMILES string of the molecule is O=C(NNC(=S)Nc1ccc(Br)c(Cl)c1)c1ccc2nonc2c1. The fourth-order valence-corrected chi connectivity index (χ4v) is 2.44. The van der Waals surface area contributed by atoms with E-state index in [2.05, 4.69) is 47.0 Å². The van der Waals surface area contributed by atoms with Gasteiger partial charge in [0.15, 0.2) is 5.11 Å². The second-order valence-electron chi connectivity index (χ2n) is 4.63. The summed E-state index contributed by atoms with van der Waals surface area (Å²) in [7, 11) is 0. The van der Waals surface area contributed by atoms with Crippen LogP contribution in [0.15, 0.2) is 45.5 Å². The number of halogens is 2. The molecule has 3 N–H and O–H groups in total. The Morgan fingerprint density at radius 2 is 1.92 bits per heavy atom. The molecule has 0 fully saturated rings. The van der Waals surface area contributed by atoms with E-state index >= 15 is 0 Å². The topological polar surface area (TPSA) is 92.1 Å². The van der Waals surface area contributed by atoms with E-state index in [1.165, 1.54) is 0 Å². The highest BCUT2D eigenvalue weighted by Gasteiger charge is 2.09. The number of carbonyl (C=O) groups is 1. The summed E-state index contributed by atoms with van der Waals surface area (Å²) in [6, 6.07) is 10.1. The van der Waals surface area contributed by atoms with Crippen LogP contribution in [-0.2, 0) is 0 Å². The van der Waals surface area contributed by atoms with E-state index in [-0.39, 0.29) is 11.0 Å². The fourth-order valence-electron chi connectivity index (χ4n) is 1.85. The molecule has 10 heteroatoms. The van der Waals surface area contributed by atoms with Gasteiger partial charge in [-0.1, -0.05) is 11.6 Å². The molecule has 0 aliphatic rings. The van der Waals surface area contributed by atoms with E-state index in [1.807, 2.05) is 0 Å². The van der Waals surface area contributed by atoms with Gasteiger partial charge in [-0.15, -0.1) is 0 Å². The van der Waals surface area contributed by atoms with Gasteiger partial charge in [0.05, 0.1) is 5.02 Å². The van der Waals surface area contributed by atoms with Crippen molar-refractivity contribution in [1.82, 2.24) is 21.2 Å². The van der Waals surface area contributed by atoms with Gasteiger partial charge in [-0.25, -0.2) is 4.63 Å². The van der Waals surface area contributed by atoms with Gasteiger partial charge in [-0.2, -0.15) is 0 Å². The molecule has 24 heavy (non-hydrogen) atoms. The molecule has 1 aromatic heterocycles. The molecule has 0 aliphatic heterocycles. The maximum absolute atomic E-state index is 12.1. The number of carbonyl (C=O) groups excluding carboxylic acids is 1. The summed E-state index contributed by atoms with van der Waals surface area (Å²) < 4.78 is 5.37. The van der Waals surface area contributed by atoms with Crippen LogP contribution in [0.4, 0.5) is 5.69 Å². The van der Waals surface area contributed by atoms with Gasteiger partial charge < -0.3 is 5.32 Å². The number of rotatable bonds is 2. The highest BCUT2D eigenvalue weighted by molar-refractivity contribution is 9.10. The standard InChI is InChI=1S/C14H9BrClN5O2S/c15-9-3-2-8(6-10(9)16)17-14(24)19-18-13(22)7-1-4-11-12(5-7)21-23-20-11/h1-6H,(H,18,22)(H2,17,19,24). The molecule has 0 unspecified atom stereocenters. The first-order chi connectivity index (χ1) is 11.5. The van der Waals surface area contributed by atoms with Gasteiger partial charge in [0.2, 0.25) is 0 Å². The van der Waals surface area contributed by atoms with Crippen molar-refractivity contribution in [3.8, 4) is 0 Å². The number of aromatic nitrogens is 2. The Bertz CT molecular complexity index is 932. The van der Waals surface area contributed by atoms with E-state index in [4.69, 9.17) is 23.8 Å². The Kier molecular flexibility index (Phi) is 4.93. The minimum atomic E-state index is -0.377. The van der Waals surface area contributed by atoms with E-state index in [0.29, 0.717) is 27.3 Å². The molecule has 0 aliphatic carbocycles. The van der Waals surface area contributed by atoms with Crippen LogP contribution in [0.25, 0.3) is 11.0 Å². The normalized spacial score (nSPS) is 10.4. The van der Waals surface area contributed by atoms with E-state index in [1.54, 1.807) is 36.4 Å². The lowest BCUT2D eigenvalue weighted by molar-refractivity contribution is 0.0944. The van der Waals surface area contributed by atoms with Crippen molar-refractivity contribution in [2.45, 2.75) is 0 Å². The van der Waals surface area contributed by atoms with Crippen LogP contribution >= 0.6 is 39.7 Å². The van der Waals surface area contributed by atoms with Gasteiger partial charge in [-0.3, -0.25) is 15.6 Å². The predicted octanol–water partition coefficient (Wildman–Crippen LogP) is 3.27. The third kappa shape index (κ3) is 3.81. The molecule has 1 amide bonds. The van der Waals surface area contributed by atoms with Crippen molar-refractivity contribution in [1.29, 1.82) is 0 Å². The summed E-state index contributed by atoms with van der Waals surface area (Å²) >= 11 is 14.4. The quantitative estimate of drug-likeness (QED) is 0.428. The number of nitrogens with one attached hydrogen (secondary N) is 3. The lowest BCUT2D eigenvalue weighted by Gasteiger charge is -2.12. The summed E-state index contributed by atoms with van der Waals surface area (Å²) in [5.74, 6) is -0.377. The number of fused-ring (bicyclic) bond motifs is 1. The first-order valence-corrected chi connectivity index (χ1v) is 8.15. The molecular formula is C14H9BrClN5O2S. The average Bonchev–Trinajstić information content (AvgIpc) is 3.03. The van der Waals surface area contributed by atoms with Gasteiger partial charge in [0, 0.05) is 15.7 Å². The molecule has 0 saturated heterocycles. The predicted molar refractivity (Wildman–Crippen MR) is 97.8 cm³/mol. The minimum absolute atomic E-state index is 0.214. The largest absolute Gasteiger partial charge is 0.331 e. The maximum Gasteiger partial charge on any atom is 0.269 e. The second-order valence-corrected chi connectivity index (χ2v) is 6.30. The third-order valence-corrected chi connectivity index (χ3v) is 4.42. The average molecular weight is 427 g/mol. The number of benzene rings is 2. The molecule has 0 saturated carbocycles. The molecule has 3 aromatic rings. The Morgan fingerprint density at radius 3 is 2.71 bits per heavy atom. The number of nitrogens with zero attached hydrogens (tertiary/aromatic N) is 2. The highest BCUT2D eigenvalue weighted by Crippen LogP contribution is 2.25. The number of thiocarbonyl (C=S) groups is 1. The molecule has 3 rings (SSSR count). The first-order valence-electron chi connectivity index (χ1n) is 6.57. The zero-order valence-electron chi connectivity index (χ0n) is 11.8. The van der Waals surface area contributed by atoms with Crippen LogP contribution < -0.4 is 16.2 Å². The number of amides is 1. The van der Waals surface area contributed by atoms with Gasteiger partial charge in [0.1, 0.15) is 11.0 Å². The molecule has 122 valence electrons. The Balaban J connectivity index is 1.58. The monoisotopic (exact) mass is 425 g/mol. The lowest BCUT2D eigenvalue weighted by atomic mass is 10.2. The molecule has 0 bridgehead atoms. The number of hydrogen-bond acceptors (Lipinski definition) is 5. The molecule has 0 atom stereocenters. The maximum atomic E-state index is 12.1. The minimum Gasteiger partial charge on any atom is -0.331 e. The smallest absolute Gasteiger partial charge is 0.269 e. The van der Waals surface area contributed by atoms with Crippen molar-refractivity contribution in [3.05, 3.63) is 51.5 Å². The van der Waals surface area contributed by atoms with Gasteiger partial charge >= 0.3 is 0 Å². The highest BCUT2D eigenvalue weighted by atomic mass is 79.9. The molecule has 2 aromatic carbocycles. The lowest BCUT2D eigenvalue weighted by Crippen LogP contribution is -2.43. The summed E-state index contributed by atoms with van der Waals surface area (Å²) in [4.78, 5) is 12.1. The van der Waals surface area contributed by atoms with Gasteiger partial charge in [0.25, 0.3) is 5.91 Å². The molecule has 0 spiro atoms. The molecule has 0 radical (unpaired) electrons. The van der Waals surface area contributed by atoms with E-state index in [9.17, 15) is 4.79 Å². The zero-order valence-corrected chi connectivity index (χ0v) is 15.0. The van der Waals surface area contributed by atoms with Crippen molar-refractivity contribution >= 4 is 67.5 Å². The summed E-state index contributed by atoms with van der Waals surface area (Å²) in [6.07, 6.45) is 0. The second kappa shape index (κ2) is 7.12. The van der Waals surface area contributed by atoms with Crippen molar-refractivity contribution < 1.29 is 9.42 Å². The molecule has 1 heterocycles. The van der Waals surface area contributed by atoms with Crippen molar-refractivity contribution in [3.63, 3.8) is 0 Å². The molecular weight excluding hydrogens is 418 g/mol. The van der Waals surface area contributed by atoms with Crippen LogP contribution in [0.2, 0.25) is 5.02 Å².